The lowest BCUT2D eigenvalue weighted by Gasteiger charge is -2.22. The van der Waals surface area contributed by atoms with Crippen molar-refractivity contribution in [2.75, 3.05) is 13.6 Å². The summed E-state index contributed by atoms with van der Waals surface area (Å²) in [6.07, 6.45) is 3.77. The van der Waals surface area contributed by atoms with Crippen LogP contribution in [0.2, 0.25) is 0 Å². The van der Waals surface area contributed by atoms with E-state index in [1.165, 1.54) is 0 Å². The van der Waals surface area contributed by atoms with Gasteiger partial charge in [0.1, 0.15) is 0 Å². The van der Waals surface area contributed by atoms with Gasteiger partial charge in [0, 0.05) is 26.0 Å². The summed E-state index contributed by atoms with van der Waals surface area (Å²) in [5.74, 6) is 0. The van der Waals surface area contributed by atoms with E-state index in [0.29, 0.717) is 13.0 Å². The molecule has 2 N–H and O–H groups in total. The number of nitrogens with zero attached hydrogens (tertiary/aromatic N) is 3. The van der Waals surface area contributed by atoms with Gasteiger partial charge >= 0.3 is 6.03 Å². The fourth-order valence-electron chi connectivity index (χ4n) is 2.22. The SMILES string of the molecule is CC(O)CCN(C)C(=O)NC(C)c1cccc(-n2cccn2)c1. The lowest BCUT2D eigenvalue weighted by atomic mass is 10.1. The number of amides is 2. The quantitative estimate of drug-likeness (QED) is 0.859. The second-order valence-electron chi connectivity index (χ2n) is 5.78. The molecule has 124 valence electrons. The molecule has 0 fully saturated rings. The minimum absolute atomic E-state index is 0.119. The Labute approximate surface area is 136 Å². The van der Waals surface area contributed by atoms with E-state index in [1.807, 2.05) is 43.5 Å². The molecule has 2 atom stereocenters. The Balaban J connectivity index is 1.99. The molecule has 2 aromatic rings. The summed E-state index contributed by atoms with van der Waals surface area (Å²) in [4.78, 5) is 13.8. The highest BCUT2D eigenvalue weighted by Gasteiger charge is 2.14. The largest absolute Gasteiger partial charge is 0.393 e. The molecule has 1 aromatic carbocycles. The number of rotatable bonds is 6. The van der Waals surface area contributed by atoms with E-state index in [0.717, 1.165) is 11.3 Å². The molecule has 2 rings (SSSR count). The highest BCUT2D eigenvalue weighted by Crippen LogP contribution is 2.16. The van der Waals surface area contributed by atoms with Gasteiger partial charge in [-0.05, 0) is 44.0 Å². The molecule has 0 radical (unpaired) electrons. The van der Waals surface area contributed by atoms with Crippen LogP contribution >= 0.6 is 0 Å². The summed E-state index contributed by atoms with van der Waals surface area (Å²) >= 11 is 0. The standard InChI is InChI=1S/C17H24N4O2/c1-13(22)8-11-20(3)17(23)19-14(2)15-6-4-7-16(12-15)21-10-5-9-18-21/h4-7,9-10,12-14,22H,8,11H2,1-3H3,(H,19,23). The van der Waals surface area contributed by atoms with E-state index >= 15 is 0 Å². The van der Waals surface area contributed by atoms with E-state index in [1.54, 1.807) is 29.7 Å². The molecule has 6 nitrogen and oxygen atoms in total. The molecule has 2 unspecified atom stereocenters. The summed E-state index contributed by atoms with van der Waals surface area (Å²) in [5.41, 5.74) is 1.96. The van der Waals surface area contributed by atoms with Crippen LogP contribution in [0.4, 0.5) is 4.79 Å². The van der Waals surface area contributed by atoms with Crippen molar-refractivity contribution in [3.63, 3.8) is 0 Å². The molecule has 0 saturated carbocycles. The summed E-state index contributed by atoms with van der Waals surface area (Å²) in [5, 5.41) is 16.5. The predicted octanol–water partition coefficient (Wildman–Crippen LogP) is 2.35. The number of carbonyl (C=O) groups excluding carboxylic acids is 1. The average Bonchev–Trinajstić information content (AvgIpc) is 3.07. The third-order valence-corrected chi connectivity index (χ3v) is 3.71. The van der Waals surface area contributed by atoms with Crippen LogP contribution in [0.15, 0.2) is 42.7 Å². The van der Waals surface area contributed by atoms with Crippen LogP contribution in [0.3, 0.4) is 0 Å². The normalized spacial score (nSPS) is 13.4. The first-order valence-corrected chi connectivity index (χ1v) is 7.77. The van der Waals surface area contributed by atoms with Crippen LogP contribution in [0, 0.1) is 0 Å². The fourth-order valence-corrected chi connectivity index (χ4v) is 2.22. The number of urea groups is 1. The Bertz CT molecular complexity index is 625. The Morgan fingerprint density at radius 2 is 2.17 bits per heavy atom. The monoisotopic (exact) mass is 316 g/mol. The fraction of sp³-hybridized carbons (Fsp3) is 0.412. The van der Waals surface area contributed by atoms with Gasteiger partial charge in [0.15, 0.2) is 0 Å². The lowest BCUT2D eigenvalue weighted by molar-refractivity contribution is 0.162. The number of nitrogens with one attached hydrogen (secondary N) is 1. The first-order chi connectivity index (χ1) is 11.0. The van der Waals surface area contributed by atoms with Crippen molar-refractivity contribution in [3.8, 4) is 5.69 Å². The van der Waals surface area contributed by atoms with Gasteiger partial charge in [0.2, 0.25) is 0 Å². The van der Waals surface area contributed by atoms with Crippen LogP contribution in [0.1, 0.15) is 31.9 Å². The molecule has 0 bridgehead atoms. The van der Waals surface area contributed by atoms with Crippen LogP contribution in [-0.4, -0.2) is 45.5 Å². The highest BCUT2D eigenvalue weighted by atomic mass is 16.3. The Morgan fingerprint density at radius 1 is 1.39 bits per heavy atom. The zero-order chi connectivity index (χ0) is 16.8. The van der Waals surface area contributed by atoms with Crippen LogP contribution < -0.4 is 5.32 Å². The van der Waals surface area contributed by atoms with Crippen molar-refractivity contribution in [1.29, 1.82) is 0 Å². The predicted molar refractivity (Wildman–Crippen MR) is 89.4 cm³/mol. The summed E-state index contributed by atoms with van der Waals surface area (Å²) in [7, 11) is 1.73. The van der Waals surface area contributed by atoms with E-state index in [2.05, 4.69) is 10.4 Å². The average molecular weight is 316 g/mol. The van der Waals surface area contributed by atoms with Gasteiger partial charge in [-0.1, -0.05) is 12.1 Å². The minimum Gasteiger partial charge on any atom is -0.393 e. The van der Waals surface area contributed by atoms with Gasteiger partial charge in [-0.15, -0.1) is 0 Å². The number of aliphatic hydroxyl groups is 1. The van der Waals surface area contributed by atoms with Crippen molar-refractivity contribution in [1.82, 2.24) is 20.0 Å². The topological polar surface area (TPSA) is 70.4 Å². The second-order valence-corrected chi connectivity index (χ2v) is 5.78. The van der Waals surface area contributed by atoms with Crippen molar-refractivity contribution < 1.29 is 9.90 Å². The van der Waals surface area contributed by atoms with E-state index in [-0.39, 0.29) is 12.1 Å². The maximum atomic E-state index is 12.2. The summed E-state index contributed by atoms with van der Waals surface area (Å²) < 4.78 is 1.78. The molecule has 0 aliphatic carbocycles. The maximum Gasteiger partial charge on any atom is 0.317 e. The van der Waals surface area contributed by atoms with Crippen molar-refractivity contribution in [2.45, 2.75) is 32.4 Å². The molecule has 0 saturated heterocycles. The third kappa shape index (κ3) is 4.82. The van der Waals surface area contributed by atoms with Gasteiger partial charge < -0.3 is 15.3 Å². The zero-order valence-corrected chi connectivity index (χ0v) is 13.8. The highest BCUT2D eigenvalue weighted by molar-refractivity contribution is 5.74. The van der Waals surface area contributed by atoms with E-state index in [9.17, 15) is 9.90 Å². The zero-order valence-electron chi connectivity index (χ0n) is 13.8. The van der Waals surface area contributed by atoms with E-state index < -0.39 is 6.10 Å². The van der Waals surface area contributed by atoms with Crippen molar-refractivity contribution >= 4 is 6.03 Å². The molecule has 2 amide bonds. The van der Waals surface area contributed by atoms with Crippen LogP contribution in [0.5, 0.6) is 0 Å². The lowest BCUT2D eigenvalue weighted by Crippen LogP contribution is -2.39. The van der Waals surface area contributed by atoms with Crippen LogP contribution in [0.25, 0.3) is 5.69 Å². The second kappa shape index (κ2) is 7.78. The number of benzene rings is 1. The molecule has 23 heavy (non-hydrogen) atoms. The third-order valence-electron chi connectivity index (χ3n) is 3.71. The number of aliphatic hydroxyl groups excluding tert-OH is 1. The smallest absolute Gasteiger partial charge is 0.317 e. The Morgan fingerprint density at radius 3 is 2.83 bits per heavy atom. The van der Waals surface area contributed by atoms with Gasteiger partial charge in [0.25, 0.3) is 0 Å². The van der Waals surface area contributed by atoms with Gasteiger partial charge in [-0.2, -0.15) is 5.10 Å². The minimum atomic E-state index is -0.409. The summed E-state index contributed by atoms with van der Waals surface area (Å²) in [6.45, 7) is 4.18. The van der Waals surface area contributed by atoms with Crippen molar-refractivity contribution in [3.05, 3.63) is 48.3 Å². The summed E-state index contributed by atoms with van der Waals surface area (Å²) in [6, 6.07) is 9.51. The number of aromatic nitrogens is 2. The molecule has 1 aromatic heterocycles. The number of hydrogen-bond acceptors (Lipinski definition) is 3. The molecular weight excluding hydrogens is 292 g/mol. The van der Waals surface area contributed by atoms with Gasteiger partial charge in [-0.3, -0.25) is 0 Å². The molecule has 1 heterocycles. The molecule has 6 heteroatoms. The van der Waals surface area contributed by atoms with Crippen LogP contribution in [-0.2, 0) is 0 Å². The maximum absolute atomic E-state index is 12.2. The molecular formula is C17H24N4O2. The first kappa shape index (κ1) is 17.0. The van der Waals surface area contributed by atoms with Gasteiger partial charge in [-0.25, -0.2) is 9.48 Å². The number of carbonyl (C=O) groups is 1. The first-order valence-electron chi connectivity index (χ1n) is 7.77. The van der Waals surface area contributed by atoms with E-state index in [4.69, 9.17) is 0 Å². The Kier molecular flexibility index (Phi) is 5.76. The van der Waals surface area contributed by atoms with Crippen molar-refractivity contribution in [2.24, 2.45) is 0 Å². The molecule has 0 spiro atoms. The van der Waals surface area contributed by atoms with Gasteiger partial charge in [0.05, 0.1) is 17.8 Å². The Hall–Kier alpha value is -2.34. The molecule has 0 aliphatic rings. The molecule has 0 aliphatic heterocycles. The number of hydrogen-bond donors (Lipinski definition) is 2.